The van der Waals surface area contributed by atoms with Crippen LogP contribution in [-0.2, 0) is 10.0 Å². The van der Waals surface area contributed by atoms with E-state index < -0.39 is 10.0 Å². The van der Waals surface area contributed by atoms with E-state index in [1.54, 1.807) is 36.4 Å². The Kier molecular flexibility index (Phi) is 4.85. The van der Waals surface area contributed by atoms with E-state index >= 15 is 0 Å². The van der Waals surface area contributed by atoms with Crippen LogP contribution in [0, 0.1) is 6.92 Å². The Hall–Kier alpha value is -1.59. The molecule has 3 nitrogen and oxygen atoms in total. The molecule has 0 unspecified atom stereocenters. The molecular weight excluding hydrogens is 350 g/mol. The SMILES string of the molecule is C=CCN(c1ccccc1)S(=O)(=O)c1ccc(C)cc1Br. The maximum absolute atomic E-state index is 12.9. The summed E-state index contributed by atoms with van der Waals surface area (Å²) in [5.74, 6) is 0. The second-order valence-electron chi connectivity index (χ2n) is 4.59. The number of rotatable bonds is 5. The van der Waals surface area contributed by atoms with Crippen LogP contribution in [0.4, 0.5) is 5.69 Å². The maximum Gasteiger partial charge on any atom is 0.265 e. The van der Waals surface area contributed by atoms with Crippen LogP contribution in [0.3, 0.4) is 0 Å². The summed E-state index contributed by atoms with van der Waals surface area (Å²) in [6.45, 7) is 5.78. The maximum atomic E-state index is 12.9. The first kappa shape index (κ1) is 15.8. The lowest BCUT2D eigenvalue weighted by atomic mass is 10.2. The largest absolute Gasteiger partial charge is 0.265 e. The molecule has 2 aromatic rings. The molecule has 0 fully saturated rings. The topological polar surface area (TPSA) is 37.4 Å². The molecule has 5 heteroatoms. The molecule has 0 bridgehead atoms. The quantitative estimate of drug-likeness (QED) is 0.746. The van der Waals surface area contributed by atoms with E-state index in [4.69, 9.17) is 0 Å². The predicted molar refractivity (Wildman–Crippen MR) is 90.0 cm³/mol. The first-order valence-electron chi connectivity index (χ1n) is 6.41. The zero-order valence-corrected chi connectivity index (χ0v) is 14.1. The zero-order valence-electron chi connectivity index (χ0n) is 11.7. The summed E-state index contributed by atoms with van der Waals surface area (Å²) < 4.78 is 27.7. The van der Waals surface area contributed by atoms with Gasteiger partial charge in [-0.1, -0.05) is 30.3 Å². The van der Waals surface area contributed by atoms with E-state index in [2.05, 4.69) is 22.5 Å². The minimum atomic E-state index is -3.65. The second kappa shape index (κ2) is 6.45. The van der Waals surface area contributed by atoms with E-state index in [-0.39, 0.29) is 11.4 Å². The number of sulfonamides is 1. The third kappa shape index (κ3) is 3.36. The lowest BCUT2D eigenvalue weighted by Gasteiger charge is -2.23. The predicted octanol–water partition coefficient (Wildman–Crippen LogP) is 4.14. The minimum Gasteiger partial charge on any atom is -0.263 e. The number of nitrogens with zero attached hydrogens (tertiary/aromatic N) is 1. The Bertz CT molecular complexity index is 742. The van der Waals surface area contributed by atoms with Gasteiger partial charge in [0.1, 0.15) is 4.90 Å². The van der Waals surface area contributed by atoms with Crippen molar-refractivity contribution >= 4 is 31.6 Å². The summed E-state index contributed by atoms with van der Waals surface area (Å²) in [5.41, 5.74) is 1.61. The van der Waals surface area contributed by atoms with Crippen LogP contribution >= 0.6 is 15.9 Å². The Balaban J connectivity index is 2.55. The smallest absolute Gasteiger partial charge is 0.263 e. The van der Waals surface area contributed by atoms with Gasteiger partial charge in [-0.15, -0.1) is 6.58 Å². The van der Waals surface area contributed by atoms with Crippen molar-refractivity contribution in [3.8, 4) is 0 Å². The van der Waals surface area contributed by atoms with Crippen molar-refractivity contribution in [1.82, 2.24) is 0 Å². The molecule has 0 aliphatic heterocycles. The van der Waals surface area contributed by atoms with Gasteiger partial charge in [0.2, 0.25) is 0 Å². The molecule has 0 radical (unpaired) electrons. The molecule has 2 aromatic carbocycles. The molecule has 2 rings (SSSR count). The van der Waals surface area contributed by atoms with E-state index in [9.17, 15) is 8.42 Å². The number of para-hydroxylation sites is 1. The highest BCUT2D eigenvalue weighted by atomic mass is 79.9. The Morgan fingerprint density at radius 3 is 2.43 bits per heavy atom. The zero-order chi connectivity index (χ0) is 15.5. The van der Waals surface area contributed by atoms with E-state index in [0.29, 0.717) is 10.2 Å². The molecular formula is C16H16BrNO2S. The first-order valence-corrected chi connectivity index (χ1v) is 8.65. The van der Waals surface area contributed by atoms with Crippen molar-refractivity contribution in [2.45, 2.75) is 11.8 Å². The third-order valence-corrected chi connectivity index (χ3v) is 5.77. The van der Waals surface area contributed by atoms with Gasteiger partial charge in [0, 0.05) is 4.47 Å². The minimum absolute atomic E-state index is 0.215. The molecule has 0 spiro atoms. The monoisotopic (exact) mass is 365 g/mol. The van der Waals surface area contributed by atoms with Crippen molar-refractivity contribution < 1.29 is 8.42 Å². The summed E-state index contributed by atoms with van der Waals surface area (Å²) >= 11 is 3.34. The lowest BCUT2D eigenvalue weighted by molar-refractivity contribution is 0.592. The highest BCUT2D eigenvalue weighted by Crippen LogP contribution is 2.29. The number of anilines is 1. The van der Waals surface area contributed by atoms with Gasteiger partial charge in [-0.2, -0.15) is 0 Å². The molecule has 0 heterocycles. The normalized spacial score (nSPS) is 11.1. The van der Waals surface area contributed by atoms with Crippen LogP contribution in [0.15, 0.2) is 70.6 Å². The number of benzene rings is 2. The fraction of sp³-hybridized carbons (Fsp3) is 0.125. The second-order valence-corrected chi connectivity index (χ2v) is 7.28. The fourth-order valence-corrected chi connectivity index (χ4v) is 4.58. The molecule has 0 aromatic heterocycles. The molecule has 0 saturated heterocycles. The van der Waals surface area contributed by atoms with E-state index in [1.165, 1.54) is 4.31 Å². The highest BCUT2D eigenvalue weighted by Gasteiger charge is 2.25. The van der Waals surface area contributed by atoms with Crippen molar-refractivity contribution in [2.75, 3.05) is 10.8 Å². The van der Waals surface area contributed by atoms with Crippen LogP contribution in [-0.4, -0.2) is 15.0 Å². The Morgan fingerprint density at radius 2 is 1.86 bits per heavy atom. The van der Waals surface area contributed by atoms with Crippen molar-refractivity contribution in [2.24, 2.45) is 0 Å². The average molecular weight is 366 g/mol. The van der Waals surface area contributed by atoms with Crippen LogP contribution in [0.25, 0.3) is 0 Å². The van der Waals surface area contributed by atoms with E-state index in [1.807, 2.05) is 25.1 Å². The summed E-state index contributed by atoms with van der Waals surface area (Å²) in [6.07, 6.45) is 1.58. The number of halogens is 1. The molecule has 0 aliphatic carbocycles. The molecule has 0 amide bonds. The van der Waals surface area contributed by atoms with Gasteiger partial charge in [-0.25, -0.2) is 8.42 Å². The van der Waals surface area contributed by atoms with Gasteiger partial charge >= 0.3 is 0 Å². The van der Waals surface area contributed by atoms with Crippen LogP contribution in [0.2, 0.25) is 0 Å². The van der Waals surface area contributed by atoms with Crippen molar-refractivity contribution in [3.63, 3.8) is 0 Å². The standard InChI is InChI=1S/C16H16BrNO2S/c1-3-11-18(14-7-5-4-6-8-14)21(19,20)16-10-9-13(2)12-15(16)17/h3-10,12H,1,11H2,2H3. The van der Waals surface area contributed by atoms with Gasteiger partial charge < -0.3 is 0 Å². The molecule has 0 atom stereocenters. The van der Waals surface area contributed by atoms with Crippen molar-refractivity contribution in [1.29, 1.82) is 0 Å². The lowest BCUT2D eigenvalue weighted by Crippen LogP contribution is -2.31. The van der Waals surface area contributed by atoms with E-state index in [0.717, 1.165) is 5.56 Å². The van der Waals surface area contributed by atoms with Gasteiger partial charge in [-0.3, -0.25) is 4.31 Å². The highest BCUT2D eigenvalue weighted by molar-refractivity contribution is 9.10. The molecule has 0 aliphatic rings. The third-order valence-electron chi connectivity index (χ3n) is 2.99. The number of hydrogen-bond acceptors (Lipinski definition) is 2. The first-order chi connectivity index (χ1) is 9.96. The van der Waals surface area contributed by atoms with Crippen LogP contribution in [0.5, 0.6) is 0 Å². The summed E-state index contributed by atoms with van der Waals surface area (Å²) in [5, 5.41) is 0. The number of hydrogen-bond donors (Lipinski definition) is 0. The molecule has 0 saturated carbocycles. The van der Waals surface area contributed by atoms with Gasteiger partial charge in [0.25, 0.3) is 10.0 Å². The van der Waals surface area contributed by atoms with Gasteiger partial charge in [0.15, 0.2) is 0 Å². The van der Waals surface area contributed by atoms with Crippen LogP contribution in [0.1, 0.15) is 5.56 Å². The average Bonchev–Trinajstić information content (AvgIpc) is 2.45. The summed E-state index contributed by atoms with van der Waals surface area (Å²) in [6, 6.07) is 14.2. The summed E-state index contributed by atoms with van der Waals surface area (Å²) in [7, 11) is -3.65. The fourth-order valence-electron chi connectivity index (χ4n) is 1.99. The summed E-state index contributed by atoms with van der Waals surface area (Å²) in [4.78, 5) is 0.249. The molecule has 0 N–H and O–H groups in total. The van der Waals surface area contributed by atoms with Gasteiger partial charge in [-0.05, 0) is 52.7 Å². The Labute approximate surface area is 134 Å². The molecule has 110 valence electrons. The number of aryl methyl sites for hydroxylation is 1. The van der Waals surface area contributed by atoms with Gasteiger partial charge in [0.05, 0.1) is 12.2 Å². The molecule has 21 heavy (non-hydrogen) atoms. The Morgan fingerprint density at radius 1 is 1.19 bits per heavy atom. The van der Waals surface area contributed by atoms with Crippen molar-refractivity contribution in [3.05, 3.63) is 71.2 Å². The van der Waals surface area contributed by atoms with Crippen LogP contribution < -0.4 is 4.31 Å².